The maximum Gasteiger partial charge on any atom is 0.243 e. The van der Waals surface area contributed by atoms with Gasteiger partial charge in [0, 0.05) is 19.6 Å². The van der Waals surface area contributed by atoms with Crippen LogP contribution in [0.3, 0.4) is 0 Å². The molecule has 0 aromatic heterocycles. The number of nitrogens with one attached hydrogen (secondary N) is 1. The number of aryl methyl sites for hydroxylation is 1. The number of ether oxygens (including phenoxy) is 1. The second-order valence-corrected chi connectivity index (χ2v) is 11.5. The minimum Gasteiger partial charge on any atom is -0.494 e. The number of carbonyl (C=O) groups excluding carboxylic acids is 1. The monoisotopic (exact) mass is 495 g/mol. The largest absolute Gasteiger partial charge is 0.494 e. The summed E-state index contributed by atoms with van der Waals surface area (Å²) < 4.78 is 55.9. The van der Waals surface area contributed by atoms with Crippen LogP contribution in [-0.2, 0) is 31.4 Å². The van der Waals surface area contributed by atoms with Gasteiger partial charge in [0.05, 0.1) is 22.3 Å². The lowest BCUT2D eigenvalue weighted by Gasteiger charge is -2.31. The third-order valence-corrected chi connectivity index (χ3v) is 8.35. The van der Waals surface area contributed by atoms with Crippen molar-refractivity contribution in [3.63, 3.8) is 0 Å². The van der Waals surface area contributed by atoms with Gasteiger partial charge >= 0.3 is 0 Å². The fraction of sp³-hybridized carbons (Fsp3) is 0.409. The number of sulfonamides is 2. The van der Waals surface area contributed by atoms with E-state index in [9.17, 15) is 21.6 Å². The number of rotatable bonds is 8. The smallest absolute Gasteiger partial charge is 0.243 e. The first-order valence-electron chi connectivity index (χ1n) is 10.7. The lowest BCUT2D eigenvalue weighted by atomic mass is 9.99. The normalized spacial score (nSPS) is 17.5. The molecule has 11 heteroatoms. The van der Waals surface area contributed by atoms with Gasteiger partial charge in [-0.25, -0.2) is 22.0 Å². The first kappa shape index (κ1) is 25.2. The van der Waals surface area contributed by atoms with Crippen molar-refractivity contribution in [3.8, 4) is 5.75 Å². The van der Waals surface area contributed by atoms with Crippen LogP contribution in [0.15, 0.2) is 52.3 Å². The summed E-state index contributed by atoms with van der Waals surface area (Å²) in [5.41, 5.74) is 1.44. The van der Waals surface area contributed by atoms with Crippen molar-refractivity contribution < 1.29 is 26.4 Å². The van der Waals surface area contributed by atoms with Crippen LogP contribution < -0.4 is 15.2 Å². The third kappa shape index (κ3) is 6.11. The third-order valence-electron chi connectivity index (χ3n) is 5.56. The SMILES string of the molecule is CCOc1ccc(S(=O)(=O)N2CCC[C@@H](C(=O)NCc3ccc(S(N)(=O)=O)cc3)C2)cc1C. The molecule has 33 heavy (non-hydrogen) atoms. The van der Waals surface area contributed by atoms with E-state index in [1.165, 1.54) is 22.5 Å². The van der Waals surface area contributed by atoms with Crippen LogP contribution in [0.2, 0.25) is 0 Å². The fourth-order valence-corrected chi connectivity index (χ4v) is 5.88. The first-order valence-corrected chi connectivity index (χ1v) is 13.6. The van der Waals surface area contributed by atoms with E-state index in [2.05, 4.69) is 5.32 Å². The molecule has 0 spiro atoms. The Hall–Kier alpha value is -2.47. The zero-order valence-corrected chi connectivity index (χ0v) is 20.3. The van der Waals surface area contributed by atoms with E-state index in [1.54, 1.807) is 31.2 Å². The zero-order valence-electron chi connectivity index (χ0n) is 18.7. The average molecular weight is 496 g/mol. The quantitative estimate of drug-likeness (QED) is 0.573. The van der Waals surface area contributed by atoms with Gasteiger partial charge in [0.2, 0.25) is 26.0 Å². The number of nitrogens with zero attached hydrogens (tertiary/aromatic N) is 1. The van der Waals surface area contributed by atoms with Gasteiger partial charge in [0.25, 0.3) is 0 Å². The molecule has 1 atom stereocenters. The molecule has 0 aliphatic carbocycles. The molecule has 0 unspecified atom stereocenters. The predicted molar refractivity (Wildman–Crippen MR) is 123 cm³/mol. The highest BCUT2D eigenvalue weighted by atomic mass is 32.2. The van der Waals surface area contributed by atoms with Crippen molar-refractivity contribution in [2.75, 3.05) is 19.7 Å². The number of carbonyl (C=O) groups is 1. The molecule has 1 heterocycles. The molecule has 1 saturated heterocycles. The van der Waals surface area contributed by atoms with E-state index in [0.717, 1.165) is 5.56 Å². The Labute approximate surface area is 195 Å². The first-order chi connectivity index (χ1) is 15.5. The second kappa shape index (κ2) is 10.2. The highest BCUT2D eigenvalue weighted by molar-refractivity contribution is 7.89. The van der Waals surface area contributed by atoms with Crippen LogP contribution in [-0.4, -0.2) is 46.7 Å². The van der Waals surface area contributed by atoms with Crippen molar-refractivity contribution in [2.24, 2.45) is 11.1 Å². The van der Waals surface area contributed by atoms with E-state index >= 15 is 0 Å². The Kier molecular flexibility index (Phi) is 7.78. The number of piperidine rings is 1. The molecule has 1 aliphatic heterocycles. The molecule has 2 aromatic rings. The van der Waals surface area contributed by atoms with Gasteiger partial charge in [-0.1, -0.05) is 12.1 Å². The topological polar surface area (TPSA) is 136 Å². The van der Waals surface area contributed by atoms with Crippen LogP contribution in [0.4, 0.5) is 0 Å². The Morgan fingerprint density at radius 1 is 1.12 bits per heavy atom. The predicted octanol–water partition coefficient (Wildman–Crippen LogP) is 1.76. The summed E-state index contributed by atoms with van der Waals surface area (Å²) in [7, 11) is -7.52. The summed E-state index contributed by atoms with van der Waals surface area (Å²) in [4.78, 5) is 12.9. The molecule has 0 saturated carbocycles. The highest BCUT2D eigenvalue weighted by Crippen LogP contribution is 2.27. The lowest BCUT2D eigenvalue weighted by Crippen LogP contribution is -2.45. The molecule has 1 aliphatic rings. The molecule has 2 aromatic carbocycles. The summed E-state index contributed by atoms with van der Waals surface area (Å²) in [6.07, 6.45) is 1.17. The Bertz CT molecular complexity index is 1210. The van der Waals surface area contributed by atoms with Crippen molar-refractivity contribution in [1.82, 2.24) is 9.62 Å². The van der Waals surface area contributed by atoms with Gasteiger partial charge in [0.1, 0.15) is 5.75 Å². The number of nitrogens with two attached hydrogens (primary N) is 1. The van der Waals surface area contributed by atoms with E-state index < -0.39 is 26.0 Å². The van der Waals surface area contributed by atoms with Gasteiger partial charge in [-0.05, 0) is 68.1 Å². The van der Waals surface area contributed by atoms with Gasteiger partial charge in [-0.3, -0.25) is 4.79 Å². The molecular formula is C22H29N3O6S2. The molecule has 1 amide bonds. The Morgan fingerprint density at radius 3 is 2.39 bits per heavy atom. The van der Waals surface area contributed by atoms with Crippen LogP contribution >= 0.6 is 0 Å². The summed E-state index contributed by atoms with van der Waals surface area (Å²) in [6, 6.07) is 10.7. The lowest BCUT2D eigenvalue weighted by molar-refractivity contribution is -0.126. The standard InChI is InChI=1S/C22H29N3O6S2/c1-3-31-21-11-10-20(13-16(21)2)33(29,30)25-12-4-5-18(15-25)22(26)24-14-17-6-8-19(9-7-17)32(23,27)28/h6-11,13,18H,3-5,12,14-15H2,1-2H3,(H,24,26)(H2,23,27,28)/t18-/m1/s1. The summed E-state index contributed by atoms with van der Waals surface area (Å²) in [6.45, 7) is 4.81. The van der Waals surface area contributed by atoms with E-state index in [4.69, 9.17) is 9.88 Å². The number of hydrogen-bond donors (Lipinski definition) is 2. The van der Waals surface area contributed by atoms with Gasteiger partial charge in [0.15, 0.2) is 0 Å². The van der Waals surface area contributed by atoms with E-state index in [0.29, 0.717) is 37.3 Å². The molecule has 0 radical (unpaired) electrons. The molecule has 3 rings (SSSR count). The molecule has 180 valence electrons. The molecule has 1 fully saturated rings. The van der Waals surface area contributed by atoms with Gasteiger partial charge in [-0.2, -0.15) is 4.31 Å². The minimum absolute atomic E-state index is 0.00442. The molecule has 0 bridgehead atoms. The van der Waals surface area contributed by atoms with E-state index in [-0.39, 0.29) is 28.8 Å². The van der Waals surface area contributed by atoms with Crippen molar-refractivity contribution >= 4 is 26.0 Å². The van der Waals surface area contributed by atoms with E-state index in [1.807, 2.05) is 6.92 Å². The summed E-state index contributed by atoms with van der Waals surface area (Å²) in [5, 5.41) is 7.90. The summed E-state index contributed by atoms with van der Waals surface area (Å²) >= 11 is 0. The van der Waals surface area contributed by atoms with Crippen molar-refractivity contribution in [3.05, 3.63) is 53.6 Å². The fourth-order valence-electron chi connectivity index (χ4n) is 3.75. The van der Waals surface area contributed by atoms with Crippen molar-refractivity contribution in [1.29, 1.82) is 0 Å². The number of benzene rings is 2. The van der Waals surface area contributed by atoms with Crippen LogP contribution in [0, 0.1) is 12.8 Å². The Morgan fingerprint density at radius 2 is 1.79 bits per heavy atom. The second-order valence-electron chi connectivity index (χ2n) is 7.97. The highest BCUT2D eigenvalue weighted by Gasteiger charge is 2.33. The molecule has 9 nitrogen and oxygen atoms in total. The van der Waals surface area contributed by atoms with Crippen molar-refractivity contribution in [2.45, 2.75) is 43.0 Å². The van der Waals surface area contributed by atoms with Gasteiger partial charge in [-0.15, -0.1) is 0 Å². The number of primary sulfonamides is 1. The van der Waals surface area contributed by atoms with Crippen LogP contribution in [0.5, 0.6) is 5.75 Å². The Balaban J connectivity index is 1.64. The van der Waals surface area contributed by atoms with Crippen LogP contribution in [0.1, 0.15) is 30.9 Å². The molecule has 3 N–H and O–H groups in total. The average Bonchev–Trinajstić information content (AvgIpc) is 2.78. The maximum atomic E-state index is 13.2. The minimum atomic E-state index is -3.78. The summed E-state index contributed by atoms with van der Waals surface area (Å²) in [5.74, 6) is -0.0706. The zero-order chi connectivity index (χ0) is 24.2. The maximum absolute atomic E-state index is 13.2. The molecular weight excluding hydrogens is 466 g/mol. The van der Waals surface area contributed by atoms with Crippen LogP contribution in [0.25, 0.3) is 0 Å². The van der Waals surface area contributed by atoms with Gasteiger partial charge < -0.3 is 10.1 Å². The number of hydrogen-bond acceptors (Lipinski definition) is 6. The number of amides is 1.